The van der Waals surface area contributed by atoms with Crippen molar-refractivity contribution in [2.45, 2.75) is 13.0 Å². The molecule has 1 aromatic rings. The Balaban J connectivity index is 2.38. The molecule has 1 unspecified atom stereocenters. The first-order valence-electron chi connectivity index (χ1n) is 6.27. The number of nitrogens with two attached hydrogens (primary N) is 1. The lowest BCUT2D eigenvalue weighted by Crippen LogP contribution is -2.42. The molecule has 2 rings (SSSR count). The Labute approximate surface area is 113 Å². The zero-order chi connectivity index (χ0) is 13.8. The summed E-state index contributed by atoms with van der Waals surface area (Å²) in [7, 11) is 0. The number of rotatable bonds is 4. The van der Waals surface area contributed by atoms with Crippen LogP contribution in [0.3, 0.4) is 0 Å². The normalized spacial score (nSPS) is 16.9. The van der Waals surface area contributed by atoms with Gasteiger partial charge in [0, 0.05) is 18.8 Å². The number of hydrogen-bond acceptors (Lipinski definition) is 4. The van der Waals surface area contributed by atoms with Crippen molar-refractivity contribution in [3.8, 4) is 5.75 Å². The van der Waals surface area contributed by atoms with Crippen molar-refractivity contribution >= 4 is 17.2 Å². The average molecular weight is 257 g/mol. The minimum Gasteiger partial charge on any atom is -0.481 e. The lowest BCUT2D eigenvalue weighted by molar-refractivity contribution is 0.261. The van der Waals surface area contributed by atoms with Crippen molar-refractivity contribution in [2.75, 3.05) is 18.8 Å². The Morgan fingerprint density at radius 2 is 2.05 bits per heavy atom. The van der Waals surface area contributed by atoms with Crippen LogP contribution < -0.4 is 10.5 Å². The van der Waals surface area contributed by atoms with Gasteiger partial charge in [-0.1, -0.05) is 12.2 Å². The fourth-order valence-corrected chi connectivity index (χ4v) is 2.08. The highest BCUT2D eigenvalue weighted by molar-refractivity contribution is 5.91. The molecule has 0 fully saturated rings. The number of nitrogens with zero attached hydrogens (tertiary/aromatic N) is 2. The third kappa shape index (κ3) is 2.78. The van der Waals surface area contributed by atoms with E-state index in [4.69, 9.17) is 10.5 Å². The molecule has 4 nitrogen and oxygen atoms in total. The summed E-state index contributed by atoms with van der Waals surface area (Å²) in [6, 6.07) is 5.49. The van der Waals surface area contributed by atoms with Gasteiger partial charge < -0.3 is 15.4 Å². The van der Waals surface area contributed by atoms with Gasteiger partial charge in [0.2, 0.25) is 0 Å². The minimum atomic E-state index is -0.101. The Morgan fingerprint density at radius 3 is 2.68 bits per heavy atom. The Kier molecular flexibility index (Phi) is 3.90. The van der Waals surface area contributed by atoms with E-state index in [-0.39, 0.29) is 6.10 Å². The Hall–Kier alpha value is -2.23. The highest BCUT2D eigenvalue weighted by Gasteiger charge is 2.24. The SMILES string of the molecule is C=CCN(CC=C)C1=Nc2cc(N)ccc2OC1C. The van der Waals surface area contributed by atoms with E-state index in [9.17, 15) is 0 Å². The number of benzene rings is 1. The van der Waals surface area contributed by atoms with Gasteiger partial charge in [0.25, 0.3) is 0 Å². The first-order valence-corrected chi connectivity index (χ1v) is 6.27. The standard InChI is InChI=1S/C15H19N3O/c1-4-8-18(9-5-2)15-11(3)19-14-7-6-12(16)10-13(14)17-15/h4-7,10-11H,1-2,8-9,16H2,3H3. The van der Waals surface area contributed by atoms with Gasteiger partial charge in [-0.3, -0.25) is 0 Å². The van der Waals surface area contributed by atoms with Gasteiger partial charge in [0.1, 0.15) is 17.3 Å². The number of hydrogen-bond donors (Lipinski definition) is 1. The molecule has 0 amide bonds. The molecule has 1 atom stereocenters. The molecular formula is C15H19N3O. The highest BCUT2D eigenvalue weighted by atomic mass is 16.5. The fraction of sp³-hybridized carbons (Fsp3) is 0.267. The molecule has 0 spiro atoms. The summed E-state index contributed by atoms with van der Waals surface area (Å²) >= 11 is 0. The van der Waals surface area contributed by atoms with Crippen LogP contribution in [0.1, 0.15) is 6.92 Å². The lowest BCUT2D eigenvalue weighted by atomic mass is 10.2. The molecule has 1 aliphatic rings. The topological polar surface area (TPSA) is 50.8 Å². The molecule has 4 heteroatoms. The van der Waals surface area contributed by atoms with Crippen LogP contribution >= 0.6 is 0 Å². The summed E-state index contributed by atoms with van der Waals surface area (Å²) in [6.07, 6.45) is 3.58. The van der Waals surface area contributed by atoms with E-state index in [2.05, 4.69) is 23.1 Å². The summed E-state index contributed by atoms with van der Waals surface area (Å²) in [5.74, 6) is 1.64. The van der Waals surface area contributed by atoms with Gasteiger partial charge in [0.15, 0.2) is 6.10 Å². The molecular weight excluding hydrogens is 238 g/mol. The molecule has 100 valence electrons. The van der Waals surface area contributed by atoms with Crippen LogP contribution in [0, 0.1) is 0 Å². The summed E-state index contributed by atoms with van der Waals surface area (Å²) in [5.41, 5.74) is 7.23. The monoisotopic (exact) mass is 257 g/mol. The van der Waals surface area contributed by atoms with Crippen molar-refractivity contribution < 1.29 is 4.74 Å². The van der Waals surface area contributed by atoms with Gasteiger partial charge in [0.05, 0.1) is 0 Å². The molecule has 2 N–H and O–H groups in total. The summed E-state index contributed by atoms with van der Waals surface area (Å²) in [5, 5.41) is 0. The molecule has 0 saturated carbocycles. The van der Waals surface area contributed by atoms with E-state index in [1.807, 2.05) is 37.3 Å². The highest BCUT2D eigenvalue weighted by Crippen LogP contribution is 2.34. The first kappa shape index (κ1) is 13.2. The van der Waals surface area contributed by atoms with Crippen LogP contribution in [0.2, 0.25) is 0 Å². The van der Waals surface area contributed by atoms with Crippen molar-refractivity contribution in [3.05, 3.63) is 43.5 Å². The molecule has 0 aromatic heterocycles. The van der Waals surface area contributed by atoms with E-state index in [0.29, 0.717) is 18.8 Å². The number of anilines is 1. The zero-order valence-corrected chi connectivity index (χ0v) is 11.2. The van der Waals surface area contributed by atoms with Gasteiger partial charge in [-0.25, -0.2) is 4.99 Å². The van der Waals surface area contributed by atoms with Crippen LogP contribution in [0.5, 0.6) is 5.75 Å². The quantitative estimate of drug-likeness (QED) is 0.666. The van der Waals surface area contributed by atoms with E-state index in [1.54, 1.807) is 0 Å². The third-order valence-electron chi connectivity index (χ3n) is 2.91. The average Bonchev–Trinajstić information content (AvgIpc) is 2.38. The molecule has 0 saturated heterocycles. The number of ether oxygens (including phenoxy) is 1. The van der Waals surface area contributed by atoms with Crippen molar-refractivity contribution in [3.63, 3.8) is 0 Å². The van der Waals surface area contributed by atoms with Crippen LogP contribution in [-0.4, -0.2) is 29.9 Å². The maximum atomic E-state index is 5.88. The summed E-state index contributed by atoms with van der Waals surface area (Å²) in [6.45, 7) is 10.9. The molecule has 0 bridgehead atoms. The first-order chi connectivity index (χ1) is 9.15. The molecule has 0 aliphatic carbocycles. The predicted octanol–water partition coefficient (Wildman–Crippen LogP) is 2.75. The van der Waals surface area contributed by atoms with Gasteiger partial charge in [-0.2, -0.15) is 0 Å². The van der Waals surface area contributed by atoms with E-state index < -0.39 is 0 Å². The molecule has 0 radical (unpaired) electrons. The van der Waals surface area contributed by atoms with Crippen molar-refractivity contribution in [1.82, 2.24) is 4.90 Å². The van der Waals surface area contributed by atoms with Crippen LogP contribution in [0.15, 0.2) is 48.5 Å². The second kappa shape index (κ2) is 5.61. The zero-order valence-electron chi connectivity index (χ0n) is 11.2. The van der Waals surface area contributed by atoms with E-state index >= 15 is 0 Å². The lowest BCUT2D eigenvalue weighted by Gasteiger charge is -2.31. The molecule has 1 heterocycles. The summed E-state index contributed by atoms with van der Waals surface area (Å²) in [4.78, 5) is 6.75. The number of nitrogen functional groups attached to an aromatic ring is 1. The number of aliphatic imine (C=N–C) groups is 1. The Morgan fingerprint density at radius 1 is 1.37 bits per heavy atom. The number of fused-ring (bicyclic) bond motifs is 1. The molecule has 1 aromatic carbocycles. The predicted molar refractivity (Wildman–Crippen MR) is 80.0 cm³/mol. The second-order valence-electron chi connectivity index (χ2n) is 4.44. The van der Waals surface area contributed by atoms with Crippen molar-refractivity contribution in [2.24, 2.45) is 4.99 Å². The molecule has 19 heavy (non-hydrogen) atoms. The van der Waals surface area contributed by atoms with E-state index in [1.165, 1.54) is 0 Å². The largest absolute Gasteiger partial charge is 0.481 e. The maximum Gasteiger partial charge on any atom is 0.153 e. The van der Waals surface area contributed by atoms with Gasteiger partial charge in [-0.15, -0.1) is 13.2 Å². The van der Waals surface area contributed by atoms with Gasteiger partial charge in [-0.05, 0) is 25.1 Å². The van der Waals surface area contributed by atoms with Crippen LogP contribution in [-0.2, 0) is 0 Å². The maximum absolute atomic E-state index is 5.88. The third-order valence-corrected chi connectivity index (χ3v) is 2.91. The second-order valence-corrected chi connectivity index (χ2v) is 4.44. The minimum absolute atomic E-state index is 0.101. The molecule has 1 aliphatic heterocycles. The van der Waals surface area contributed by atoms with Crippen LogP contribution in [0.4, 0.5) is 11.4 Å². The van der Waals surface area contributed by atoms with Crippen molar-refractivity contribution in [1.29, 1.82) is 0 Å². The number of amidine groups is 1. The van der Waals surface area contributed by atoms with E-state index in [0.717, 1.165) is 17.3 Å². The summed E-state index contributed by atoms with van der Waals surface area (Å²) < 4.78 is 5.88. The smallest absolute Gasteiger partial charge is 0.153 e. The van der Waals surface area contributed by atoms with Crippen LogP contribution in [0.25, 0.3) is 0 Å². The fourth-order valence-electron chi connectivity index (χ4n) is 2.08. The van der Waals surface area contributed by atoms with Gasteiger partial charge >= 0.3 is 0 Å². The Bertz CT molecular complexity index is 512.